The van der Waals surface area contributed by atoms with Crippen LogP contribution in [0.15, 0.2) is 77.3 Å². The number of benzene rings is 3. The molecule has 3 aromatic rings. The molecule has 0 aliphatic carbocycles. The van der Waals surface area contributed by atoms with E-state index in [1.165, 1.54) is 0 Å². The van der Waals surface area contributed by atoms with Gasteiger partial charge in [0.2, 0.25) is 0 Å². The van der Waals surface area contributed by atoms with E-state index in [4.69, 9.17) is 23.2 Å². The van der Waals surface area contributed by atoms with Crippen molar-refractivity contribution >= 4 is 44.8 Å². The number of hydrogen-bond donors (Lipinski definition) is 0. The van der Waals surface area contributed by atoms with Gasteiger partial charge in [0.25, 0.3) is 0 Å². The van der Waals surface area contributed by atoms with Crippen molar-refractivity contribution in [1.82, 2.24) is 0 Å². The minimum Gasteiger partial charge on any atom is -0.363 e. The van der Waals surface area contributed by atoms with Crippen LogP contribution in [0.5, 0.6) is 0 Å². The summed E-state index contributed by atoms with van der Waals surface area (Å²) in [6, 6.07) is 24.2. The molecule has 0 unspecified atom stereocenters. The van der Waals surface area contributed by atoms with Gasteiger partial charge in [0, 0.05) is 33.3 Å². The second-order valence-electron chi connectivity index (χ2n) is 5.52. The van der Waals surface area contributed by atoms with E-state index >= 15 is 0 Å². The molecule has 0 saturated heterocycles. The third-order valence-corrected chi connectivity index (χ3v) is 5.10. The molecular weight excluding hydrogens is 405 g/mol. The second-order valence-corrected chi connectivity index (χ2v) is 7.25. The van der Waals surface area contributed by atoms with E-state index in [1.807, 2.05) is 48.5 Å². The van der Waals surface area contributed by atoms with Gasteiger partial charge in [0.15, 0.2) is 0 Å². The van der Waals surface area contributed by atoms with Gasteiger partial charge in [0.05, 0.1) is 0 Å². The molecule has 0 heterocycles. The molecule has 4 heteroatoms. The minimum absolute atomic E-state index is 0.715. The van der Waals surface area contributed by atoms with Crippen molar-refractivity contribution in [2.24, 2.45) is 0 Å². The zero-order valence-electron chi connectivity index (χ0n) is 12.9. The SMILES string of the molecule is Clc1ccccc1CN(Cc1ccccc1Cl)c1ccc(Br)cc1. The fraction of sp³-hybridized carbons (Fsp3) is 0.100. The maximum absolute atomic E-state index is 6.36. The van der Waals surface area contributed by atoms with E-state index in [0.717, 1.165) is 31.3 Å². The molecule has 0 aliphatic heterocycles. The van der Waals surface area contributed by atoms with Crippen LogP contribution >= 0.6 is 39.1 Å². The fourth-order valence-electron chi connectivity index (χ4n) is 2.55. The first-order valence-electron chi connectivity index (χ1n) is 7.61. The molecule has 0 bridgehead atoms. The summed E-state index contributed by atoms with van der Waals surface area (Å²) in [5, 5.41) is 1.55. The second kappa shape index (κ2) is 8.06. The van der Waals surface area contributed by atoms with Crippen molar-refractivity contribution in [2.45, 2.75) is 13.1 Å². The van der Waals surface area contributed by atoms with E-state index in [2.05, 4.69) is 45.1 Å². The number of halogens is 3. The van der Waals surface area contributed by atoms with Crippen LogP contribution in [0.25, 0.3) is 0 Å². The highest BCUT2D eigenvalue weighted by Crippen LogP contribution is 2.27. The summed E-state index contributed by atoms with van der Waals surface area (Å²) < 4.78 is 1.06. The van der Waals surface area contributed by atoms with Crippen LogP contribution in [0.2, 0.25) is 10.0 Å². The summed E-state index contributed by atoms with van der Waals surface area (Å²) in [5.74, 6) is 0. The lowest BCUT2D eigenvalue weighted by Gasteiger charge is -2.26. The first-order valence-corrected chi connectivity index (χ1v) is 9.16. The molecule has 3 rings (SSSR count). The molecule has 0 atom stereocenters. The Morgan fingerprint density at radius 2 is 1.12 bits per heavy atom. The third kappa shape index (κ3) is 4.32. The van der Waals surface area contributed by atoms with E-state index in [9.17, 15) is 0 Å². The first-order chi connectivity index (χ1) is 11.6. The topological polar surface area (TPSA) is 3.24 Å². The average Bonchev–Trinajstić information content (AvgIpc) is 2.59. The summed E-state index contributed by atoms with van der Waals surface area (Å²) >= 11 is 16.2. The van der Waals surface area contributed by atoms with E-state index in [1.54, 1.807) is 0 Å². The predicted molar refractivity (Wildman–Crippen MR) is 107 cm³/mol. The highest BCUT2D eigenvalue weighted by Gasteiger charge is 2.12. The Morgan fingerprint density at radius 1 is 0.667 bits per heavy atom. The quantitative estimate of drug-likeness (QED) is 0.431. The lowest BCUT2D eigenvalue weighted by molar-refractivity contribution is 0.800. The molecule has 0 aliphatic rings. The Morgan fingerprint density at radius 3 is 1.58 bits per heavy atom. The predicted octanol–water partition coefficient (Wildman–Crippen LogP) is 6.96. The first kappa shape index (κ1) is 17.3. The van der Waals surface area contributed by atoms with Gasteiger partial charge in [0.1, 0.15) is 0 Å². The summed E-state index contributed by atoms with van der Waals surface area (Å²) in [4.78, 5) is 2.27. The van der Waals surface area contributed by atoms with Crippen LogP contribution in [0, 0.1) is 0 Å². The van der Waals surface area contributed by atoms with Crippen LogP contribution in [0.4, 0.5) is 5.69 Å². The summed E-state index contributed by atoms with van der Waals surface area (Å²) in [6.07, 6.45) is 0. The highest BCUT2D eigenvalue weighted by atomic mass is 79.9. The largest absolute Gasteiger partial charge is 0.363 e. The summed E-state index contributed by atoms with van der Waals surface area (Å²) in [6.45, 7) is 1.43. The Kier molecular flexibility index (Phi) is 5.83. The summed E-state index contributed by atoms with van der Waals surface area (Å²) in [5.41, 5.74) is 3.31. The molecule has 0 N–H and O–H groups in total. The molecule has 0 saturated carbocycles. The Hall–Kier alpha value is -1.48. The van der Waals surface area contributed by atoms with E-state index in [-0.39, 0.29) is 0 Å². The summed E-state index contributed by atoms with van der Waals surface area (Å²) in [7, 11) is 0. The zero-order chi connectivity index (χ0) is 16.9. The number of anilines is 1. The van der Waals surface area contributed by atoms with Gasteiger partial charge in [-0.1, -0.05) is 75.5 Å². The molecule has 122 valence electrons. The fourth-order valence-corrected chi connectivity index (χ4v) is 3.21. The monoisotopic (exact) mass is 419 g/mol. The molecule has 1 nitrogen and oxygen atoms in total. The van der Waals surface area contributed by atoms with E-state index in [0.29, 0.717) is 13.1 Å². The van der Waals surface area contributed by atoms with Crippen LogP contribution in [-0.2, 0) is 13.1 Å². The molecule has 3 aromatic carbocycles. The van der Waals surface area contributed by atoms with Gasteiger partial charge in [-0.25, -0.2) is 0 Å². The average molecular weight is 421 g/mol. The lowest BCUT2D eigenvalue weighted by Crippen LogP contribution is -2.22. The maximum Gasteiger partial charge on any atom is 0.0455 e. The molecule has 0 fully saturated rings. The van der Waals surface area contributed by atoms with Crippen molar-refractivity contribution in [3.05, 3.63) is 98.4 Å². The molecular formula is C20H16BrCl2N. The Bertz CT molecular complexity index is 770. The van der Waals surface area contributed by atoms with Gasteiger partial charge >= 0.3 is 0 Å². The van der Waals surface area contributed by atoms with Crippen molar-refractivity contribution in [2.75, 3.05) is 4.90 Å². The number of nitrogens with zero attached hydrogens (tertiary/aromatic N) is 1. The normalized spacial score (nSPS) is 10.6. The molecule has 0 aromatic heterocycles. The van der Waals surface area contributed by atoms with Crippen LogP contribution in [0.3, 0.4) is 0 Å². The van der Waals surface area contributed by atoms with Gasteiger partial charge in [-0.15, -0.1) is 0 Å². The molecule has 24 heavy (non-hydrogen) atoms. The van der Waals surface area contributed by atoms with Crippen molar-refractivity contribution in [1.29, 1.82) is 0 Å². The smallest absolute Gasteiger partial charge is 0.0455 e. The van der Waals surface area contributed by atoms with Gasteiger partial charge in [-0.3, -0.25) is 0 Å². The van der Waals surface area contributed by atoms with Crippen molar-refractivity contribution < 1.29 is 0 Å². The minimum atomic E-state index is 0.715. The van der Waals surface area contributed by atoms with Gasteiger partial charge in [-0.05, 0) is 47.5 Å². The zero-order valence-corrected chi connectivity index (χ0v) is 16.0. The van der Waals surface area contributed by atoms with Crippen LogP contribution in [-0.4, -0.2) is 0 Å². The standard InChI is InChI=1S/C20H16BrCl2N/c21-17-9-11-18(12-10-17)24(13-15-5-1-3-7-19(15)22)14-16-6-2-4-8-20(16)23/h1-12H,13-14H2. The Balaban J connectivity index is 1.93. The van der Waals surface area contributed by atoms with Crippen molar-refractivity contribution in [3.8, 4) is 0 Å². The van der Waals surface area contributed by atoms with Gasteiger partial charge in [-0.2, -0.15) is 0 Å². The van der Waals surface area contributed by atoms with Gasteiger partial charge < -0.3 is 4.90 Å². The third-order valence-electron chi connectivity index (χ3n) is 3.83. The van der Waals surface area contributed by atoms with Crippen LogP contribution in [0.1, 0.15) is 11.1 Å². The maximum atomic E-state index is 6.36. The highest BCUT2D eigenvalue weighted by molar-refractivity contribution is 9.10. The number of rotatable bonds is 5. The Labute approximate surface area is 161 Å². The molecule has 0 amide bonds. The van der Waals surface area contributed by atoms with E-state index < -0.39 is 0 Å². The number of hydrogen-bond acceptors (Lipinski definition) is 1. The van der Waals surface area contributed by atoms with Crippen molar-refractivity contribution in [3.63, 3.8) is 0 Å². The van der Waals surface area contributed by atoms with Crippen LogP contribution < -0.4 is 4.90 Å². The molecule has 0 spiro atoms. The lowest BCUT2D eigenvalue weighted by atomic mass is 10.1. The molecule has 0 radical (unpaired) electrons.